The topological polar surface area (TPSA) is 44.1 Å². The zero-order valence-corrected chi connectivity index (χ0v) is 9.19. The molecule has 1 aliphatic rings. The largest absolute Gasteiger partial charge is 0.493 e. The molecule has 4 heteroatoms. The summed E-state index contributed by atoms with van der Waals surface area (Å²) in [7, 11) is 3.34. The molecule has 0 aromatic carbocycles. The smallest absolute Gasteiger partial charge is 0.184 e. The highest BCUT2D eigenvalue weighted by Crippen LogP contribution is 2.31. The van der Waals surface area contributed by atoms with Crippen LogP contribution in [0.1, 0.15) is 36.2 Å². The van der Waals surface area contributed by atoms with Crippen LogP contribution >= 0.6 is 0 Å². The highest BCUT2D eigenvalue weighted by molar-refractivity contribution is 5.97. The van der Waals surface area contributed by atoms with Crippen molar-refractivity contribution in [2.24, 2.45) is 13.0 Å². The summed E-state index contributed by atoms with van der Waals surface area (Å²) in [4.78, 5) is 12.0. The van der Waals surface area contributed by atoms with Gasteiger partial charge in [0.2, 0.25) is 0 Å². The van der Waals surface area contributed by atoms with Crippen LogP contribution in [0.2, 0.25) is 0 Å². The molecule has 1 saturated carbocycles. The molecule has 0 unspecified atom stereocenters. The molecule has 1 fully saturated rings. The van der Waals surface area contributed by atoms with E-state index in [-0.39, 0.29) is 5.78 Å². The van der Waals surface area contributed by atoms with Crippen LogP contribution < -0.4 is 4.74 Å². The number of nitrogens with zero attached hydrogens (tertiary/aromatic N) is 2. The van der Waals surface area contributed by atoms with Gasteiger partial charge < -0.3 is 4.74 Å². The molecule has 1 aromatic rings. The molecule has 0 spiro atoms. The van der Waals surface area contributed by atoms with Crippen molar-refractivity contribution in [3.8, 4) is 5.75 Å². The molecular formula is C11H16N2O2. The number of ketones is 1. The molecule has 0 bridgehead atoms. The van der Waals surface area contributed by atoms with E-state index in [0.717, 1.165) is 0 Å². The van der Waals surface area contributed by atoms with E-state index in [1.165, 1.54) is 19.3 Å². The lowest BCUT2D eigenvalue weighted by Gasteiger charge is -2.24. The summed E-state index contributed by atoms with van der Waals surface area (Å²) in [5.41, 5.74) is 0.601. The molecule has 1 aromatic heterocycles. The van der Waals surface area contributed by atoms with Gasteiger partial charge >= 0.3 is 0 Å². The van der Waals surface area contributed by atoms with E-state index in [4.69, 9.17) is 4.74 Å². The predicted molar refractivity (Wildman–Crippen MR) is 56.0 cm³/mol. The molecule has 0 atom stereocenters. The first-order chi connectivity index (χ1) is 7.22. The fourth-order valence-electron chi connectivity index (χ4n) is 1.94. The first kappa shape index (κ1) is 10.2. The third-order valence-electron chi connectivity index (χ3n) is 3.09. The van der Waals surface area contributed by atoms with Crippen LogP contribution in [-0.4, -0.2) is 22.7 Å². The van der Waals surface area contributed by atoms with Gasteiger partial charge in [-0.15, -0.1) is 0 Å². The summed E-state index contributed by atoms with van der Waals surface area (Å²) in [6.07, 6.45) is 5.86. The first-order valence-electron chi connectivity index (χ1n) is 5.31. The Kier molecular flexibility index (Phi) is 2.75. The number of carbonyl (C=O) groups is 1. The maximum Gasteiger partial charge on any atom is 0.184 e. The van der Waals surface area contributed by atoms with E-state index in [1.54, 1.807) is 25.0 Å². The fraction of sp³-hybridized carbons (Fsp3) is 0.636. The van der Waals surface area contributed by atoms with Gasteiger partial charge in [0.25, 0.3) is 0 Å². The van der Waals surface area contributed by atoms with Crippen molar-refractivity contribution in [2.45, 2.75) is 25.7 Å². The summed E-state index contributed by atoms with van der Waals surface area (Å²) in [6, 6.07) is 0. The molecule has 1 aliphatic carbocycles. The van der Waals surface area contributed by atoms with Crippen molar-refractivity contribution in [3.63, 3.8) is 0 Å². The van der Waals surface area contributed by atoms with Crippen LogP contribution in [0.3, 0.4) is 0 Å². The van der Waals surface area contributed by atoms with Crippen molar-refractivity contribution >= 4 is 5.78 Å². The lowest BCUT2D eigenvalue weighted by atomic mass is 9.81. The van der Waals surface area contributed by atoms with Crippen LogP contribution in [0.4, 0.5) is 0 Å². The molecule has 0 amide bonds. The van der Waals surface area contributed by atoms with Crippen molar-refractivity contribution < 1.29 is 9.53 Å². The zero-order valence-electron chi connectivity index (χ0n) is 9.19. The molecule has 15 heavy (non-hydrogen) atoms. The Morgan fingerprint density at radius 1 is 1.67 bits per heavy atom. The minimum Gasteiger partial charge on any atom is -0.493 e. The van der Waals surface area contributed by atoms with Gasteiger partial charge in [0.05, 0.1) is 13.3 Å². The number of ether oxygens (including phenoxy) is 1. The predicted octanol–water partition coefficient (Wildman–Crippen LogP) is 1.80. The Morgan fingerprint density at radius 2 is 2.40 bits per heavy atom. The van der Waals surface area contributed by atoms with Gasteiger partial charge in [0.15, 0.2) is 11.5 Å². The standard InChI is InChI=1S/C11H16N2O2/c1-13-11(10(15-2)7-12-13)9(14)6-8-4-3-5-8/h7-8H,3-6H2,1-2H3. The van der Waals surface area contributed by atoms with Gasteiger partial charge in [-0.25, -0.2) is 0 Å². The number of hydrogen-bond donors (Lipinski definition) is 0. The number of carbonyl (C=O) groups excluding carboxylic acids is 1. The molecule has 4 nitrogen and oxygen atoms in total. The average Bonchev–Trinajstić information content (AvgIpc) is 2.53. The first-order valence-corrected chi connectivity index (χ1v) is 5.31. The molecule has 1 heterocycles. The number of Topliss-reactive ketones (excluding diaryl/α,β-unsaturated/α-hetero) is 1. The molecule has 2 rings (SSSR count). The second kappa shape index (κ2) is 4.04. The quantitative estimate of drug-likeness (QED) is 0.709. The highest BCUT2D eigenvalue weighted by atomic mass is 16.5. The summed E-state index contributed by atoms with van der Waals surface area (Å²) in [5, 5.41) is 4.03. The second-order valence-corrected chi connectivity index (χ2v) is 4.11. The van der Waals surface area contributed by atoms with E-state index >= 15 is 0 Å². The van der Waals surface area contributed by atoms with E-state index in [0.29, 0.717) is 23.8 Å². The van der Waals surface area contributed by atoms with E-state index in [9.17, 15) is 4.79 Å². The number of aryl methyl sites for hydroxylation is 1. The van der Waals surface area contributed by atoms with Gasteiger partial charge in [0, 0.05) is 13.5 Å². The normalized spacial score (nSPS) is 16.1. The average molecular weight is 208 g/mol. The van der Waals surface area contributed by atoms with Gasteiger partial charge in [0.1, 0.15) is 5.69 Å². The lowest BCUT2D eigenvalue weighted by Crippen LogP contribution is -2.18. The maximum absolute atomic E-state index is 12.0. The van der Waals surface area contributed by atoms with E-state index in [2.05, 4.69) is 5.10 Å². The SMILES string of the molecule is COc1cnn(C)c1C(=O)CC1CCC1. The Morgan fingerprint density at radius 3 is 2.93 bits per heavy atom. The van der Waals surface area contributed by atoms with Crippen molar-refractivity contribution in [3.05, 3.63) is 11.9 Å². The Bertz CT molecular complexity index is 367. The monoisotopic (exact) mass is 208 g/mol. The van der Waals surface area contributed by atoms with Gasteiger partial charge in [-0.2, -0.15) is 5.10 Å². The van der Waals surface area contributed by atoms with Crippen LogP contribution in [0.25, 0.3) is 0 Å². The minimum atomic E-state index is 0.150. The minimum absolute atomic E-state index is 0.150. The second-order valence-electron chi connectivity index (χ2n) is 4.11. The number of hydrogen-bond acceptors (Lipinski definition) is 3. The van der Waals surface area contributed by atoms with Crippen LogP contribution in [0.15, 0.2) is 6.20 Å². The summed E-state index contributed by atoms with van der Waals surface area (Å²) in [6.45, 7) is 0. The number of rotatable bonds is 4. The Balaban J connectivity index is 2.12. The van der Waals surface area contributed by atoms with Gasteiger partial charge in [-0.1, -0.05) is 19.3 Å². The fourth-order valence-corrected chi connectivity index (χ4v) is 1.94. The Hall–Kier alpha value is -1.32. The van der Waals surface area contributed by atoms with Crippen LogP contribution in [-0.2, 0) is 7.05 Å². The lowest BCUT2D eigenvalue weighted by molar-refractivity contribution is 0.0924. The third kappa shape index (κ3) is 1.89. The van der Waals surface area contributed by atoms with Crippen LogP contribution in [0, 0.1) is 5.92 Å². The summed E-state index contributed by atoms with van der Waals surface area (Å²) in [5.74, 6) is 1.32. The number of methoxy groups -OCH3 is 1. The van der Waals surface area contributed by atoms with Crippen LogP contribution in [0.5, 0.6) is 5.75 Å². The zero-order chi connectivity index (χ0) is 10.8. The molecule has 0 radical (unpaired) electrons. The molecule has 82 valence electrons. The van der Waals surface area contributed by atoms with E-state index < -0.39 is 0 Å². The summed E-state index contributed by atoms with van der Waals surface area (Å²) < 4.78 is 6.71. The molecule has 0 aliphatic heterocycles. The Labute approximate surface area is 89.2 Å². The van der Waals surface area contributed by atoms with Crippen molar-refractivity contribution in [2.75, 3.05) is 7.11 Å². The van der Waals surface area contributed by atoms with Crippen molar-refractivity contribution in [1.82, 2.24) is 9.78 Å². The molecular weight excluding hydrogens is 192 g/mol. The molecule has 0 N–H and O–H groups in total. The molecule has 0 saturated heterocycles. The highest BCUT2D eigenvalue weighted by Gasteiger charge is 2.25. The van der Waals surface area contributed by atoms with E-state index in [1.807, 2.05) is 0 Å². The van der Waals surface area contributed by atoms with Gasteiger partial charge in [-0.3, -0.25) is 9.48 Å². The van der Waals surface area contributed by atoms with Crippen molar-refractivity contribution in [1.29, 1.82) is 0 Å². The van der Waals surface area contributed by atoms with Gasteiger partial charge in [-0.05, 0) is 5.92 Å². The third-order valence-corrected chi connectivity index (χ3v) is 3.09. The number of aromatic nitrogens is 2. The summed E-state index contributed by atoms with van der Waals surface area (Å²) >= 11 is 0. The maximum atomic E-state index is 12.0.